The number of rotatable bonds is 7. The Morgan fingerprint density at radius 3 is 2.84 bits per heavy atom. The molecule has 2 fully saturated rings. The highest BCUT2D eigenvalue weighted by atomic mass is 15.2. The van der Waals surface area contributed by atoms with Gasteiger partial charge in [-0.1, -0.05) is 13.3 Å². The third-order valence-electron chi connectivity index (χ3n) is 5.23. The predicted octanol–water partition coefficient (Wildman–Crippen LogP) is 2.77. The van der Waals surface area contributed by atoms with Crippen LogP contribution in [-0.2, 0) is 13.5 Å². The molecular formula is C16H27N3. The van der Waals surface area contributed by atoms with Crippen LogP contribution in [0.1, 0.15) is 44.7 Å². The molecule has 0 saturated heterocycles. The number of nitrogens with one attached hydrogen (secondary N) is 1. The van der Waals surface area contributed by atoms with E-state index < -0.39 is 0 Å². The molecule has 2 saturated carbocycles. The Kier molecular flexibility index (Phi) is 3.92. The molecule has 19 heavy (non-hydrogen) atoms. The summed E-state index contributed by atoms with van der Waals surface area (Å²) in [5.41, 5.74) is 1.37. The molecule has 2 aliphatic carbocycles. The summed E-state index contributed by atoms with van der Waals surface area (Å²) in [5.74, 6) is 3.09. The number of nitrogens with zero attached hydrogens (tertiary/aromatic N) is 2. The van der Waals surface area contributed by atoms with Gasteiger partial charge in [0, 0.05) is 25.0 Å². The Balaban J connectivity index is 1.55. The second-order valence-electron chi connectivity index (χ2n) is 6.38. The van der Waals surface area contributed by atoms with Crippen molar-refractivity contribution in [2.45, 2.75) is 51.5 Å². The zero-order chi connectivity index (χ0) is 13.2. The van der Waals surface area contributed by atoms with Crippen molar-refractivity contribution in [1.29, 1.82) is 0 Å². The van der Waals surface area contributed by atoms with Crippen molar-refractivity contribution in [1.82, 2.24) is 15.1 Å². The van der Waals surface area contributed by atoms with Gasteiger partial charge in [0.2, 0.25) is 0 Å². The molecule has 1 heterocycles. The quantitative estimate of drug-likeness (QED) is 0.818. The molecule has 0 spiro atoms. The average molecular weight is 261 g/mol. The van der Waals surface area contributed by atoms with Gasteiger partial charge in [-0.25, -0.2) is 0 Å². The third-order valence-corrected chi connectivity index (χ3v) is 5.23. The lowest BCUT2D eigenvalue weighted by atomic mass is 9.98. The van der Waals surface area contributed by atoms with Crippen LogP contribution in [0.3, 0.4) is 0 Å². The van der Waals surface area contributed by atoms with Crippen molar-refractivity contribution in [3.8, 4) is 0 Å². The van der Waals surface area contributed by atoms with Gasteiger partial charge in [0.15, 0.2) is 0 Å². The molecule has 0 bridgehead atoms. The van der Waals surface area contributed by atoms with E-state index in [1.807, 2.05) is 10.9 Å². The van der Waals surface area contributed by atoms with Gasteiger partial charge in [0.1, 0.15) is 0 Å². The van der Waals surface area contributed by atoms with Crippen LogP contribution in [-0.4, -0.2) is 22.4 Å². The second-order valence-corrected chi connectivity index (χ2v) is 6.38. The van der Waals surface area contributed by atoms with E-state index in [4.69, 9.17) is 0 Å². The van der Waals surface area contributed by atoms with Crippen molar-refractivity contribution in [3.63, 3.8) is 0 Å². The van der Waals surface area contributed by atoms with Crippen LogP contribution < -0.4 is 5.32 Å². The molecule has 0 aromatic carbocycles. The first-order chi connectivity index (χ1) is 9.31. The maximum absolute atomic E-state index is 4.27. The topological polar surface area (TPSA) is 29.9 Å². The number of aromatic nitrogens is 2. The molecule has 3 heteroatoms. The number of fused-ring (bicyclic) bond motifs is 1. The van der Waals surface area contributed by atoms with E-state index in [1.165, 1.54) is 44.3 Å². The summed E-state index contributed by atoms with van der Waals surface area (Å²) in [5, 5.41) is 8.08. The van der Waals surface area contributed by atoms with Crippen molar-refractivity contribution < 1.29 is 0 Å². The summed E-state index contributed by atoms with van der Waals surface area (Å²) in [6.07, 6.45) is 10.1. The first kappa shape index (κ1) is 13.2. The highest BCUT2D eigenvalue weighted by molar-refractivity contribution is 5.08. The fourth-order valence-corrected chi connectivity index (χ4v) is 4.18. The largest absolute Gasteiger partial charge is 0.314 e. The van der Waals surface area contributed by atoms with Crippen LogP contribution in [0.5, 0.6) is 0 Å². The maximum atomic E-state index is 4.27. The monoisotopic (exact) mass is 261 g/mol. The lowest BCUT2D eigenvalue weighted by Gasteiger charge is -2.20. The predicted molar refractivity (Wildman–Crippen MR) is 77.9 cm³/mol. The van der Waals surface area contributed by atoms with Crippen LogP contribution in [0.25, 0.3) is 0 Å². The van der Waals surface area contributed by atoms with Crippen molar-refractivity contribution in [3.05, 3.63) is 18.0 Å². The molecule has 3 unspecified atom stereocenters. The standard InChI is InChI=1S/C16H27N3/c1-3-10-17-15(16-13-5-4-6-14(13)16)8-7-12-9-11-18-19(12)2/h9,11,13-17H,3-8,10H2,1-2H3. The molecule has 106 valence electrons. The summed E-state index contributed by atoms with van der Waals surface area (Å²) >= 11 is 0. The van der Waals surface area contributed by atoms with E-state index in [0.29, 0.717) is 0 Å². The first-order valence-electron chi connectivity index (χ1n) is 8.01. The van der Waals surface area contributed by atoms with E-state index in [9.17, 15) is 0 Å². The zero-order valence-corrected chi connectivity index (χ0v) is 12.3. The van der Waals surface area contributed by atoms with Gasteiger partial charge in [0.05, 0.1) is 0 Å². The smallest absolute Gasteiger partial charge is 0.0492 e. The number of hydrogen-bond acceptors (Lipinski definition) is 2. The van der Waals surface area contributed by atoms with Crippen molar-refractivity contribution in [2.75, 3.05) is 6.54 Å². The van der Waals surface area contributed by atoms with E-state index in [2.05, 4.69) is 30.5 Å². The Morgan fingerprint density at radius 1 is 1.42 bits per heavy atom. The SMILES string of the molecule is CCCNC(CCc1ccnn1C)C1C2CCCC21. The minimum absolute atomic E-state index is 0.741. The summed E-state index contributed by atoms with van der Waals surface area (Å²) in [4.78, 5) is 0. The Labute approximate surface area is 116 Å². The van der Waals surface area contributed by atoms with Crippen molar-refractivity contribution in [2.24, 2.45) is 24.8 Å². The van der Waals surface area contributed by atoms with E-state index in [-0.39, 0.29) is 0 Å². The lowest BCUT2D eigenvalue weighted by Crippen LogP contribution is -2.34. The average Bonchev–Trinajstić information content (AvgIpc) is 2.80. The van der Waals surface area contributed by atoms with Gasteiger partial charge in [-0.2, -0.15) is 5.10 Å². The molecule has 0 aliphatic heterocycles. The number of hydrogen-bond donors (Lipinski definition) is 1. The zero-order valence-electron chi connectivity index (χ0n) is 12.3. The van der Waals surface area contributed by atoms with Gasteiger partial charge in [-0.15, -0.1) is 0 Å². The molecule has 1 aromatic heterocycles. The molecule has 2 aliphatic rings. The first-order valence-corrected chi connectivity index (χ1v) is 8.01. The fourth-order valence-electron chi connectivity index (χ4n) is 4.18. The summed E-state index contributed by atoms with van der Waals surface area (Å²) < 4.78 is 2.02. The van der Waals surface area contributed by atoms with Gasteiger partial charge < -0.3 is 5.32 Å². The molecule has 0 amide bonds. The minimum atomic E-state index is 0.741. The molecule has 3 atom stereocenters. The summed E-state index contributed by atoms with van der Waals surface area (Å²) in [6, 6.07) is 2.90. The van der Waals surface area contributed by atoms with E-state index >= 15 is 0 Å². The Morgan fingerprint density at radius 2 is 2.21 bits per heavy atom. The van der Waals surface area contributed by atoms with Crippen LogP contribution in [0.2, 0.25) is 0 Å². The molecule has 3 nitrogen and oxygen atoms in total. The van der Waals surface area contributed by atoms with Gasteiger partial charge in [-0.3, -0.25) is 4.68 Å². The Bertz CT molecular complexity index is 402. The maximum Gasteiger partial charge on any atom is 0.0492 e. The van der Waals surface area contributed by atoms with Crippen LogP contribution in [0, 0.1) is 17.8 Å². The molecule has 1 aromatic rings. The molecule has 1 N–H and O–H groups in total. The van der Waals surface area contributed by atoms with E-state index in [0.717, 1.165) is 30.2 Å². The molecular weight excluding hydrogens is 234 g/mol. The highest BCUT2D eigenvalue weighted by Gasteiger charge is 2.55. The van der Waals surface area contributed by atoms with Crippen LogP contribution >= 0.6 is 0 Å². The number of aryl methyl sites for hydroxylation is 2. The van der Waals surface area contributed by atoms with Gasteiger partial charge >= 0.3 is 0 Å². The molecule has 3 rings (SSSR count). The van der Waals surface area contributed by atoms with E-state index in [1.54, 1.807) is 0 Å². The molecule has 0 radical (unpaired) electrons. The van der Waals surface area contributed by atoms with Gasteiger partial charge in [-0.05, 0) is 62.5 Å². The second kappa shape index (κ2) is 5.66. The summed E-state index contributed by atoms with van der Waals surface area (Å²) in [7, 11) is 2.05. The Hall–Kier alpha value is -0.830. The normalized spacial score (nSPS) is 30.3. The highest BCUT2D eigenvalue weighted by Crippen LogP contribution is 2.59. The minimum Gasteiger partial charge on any atom is -0.314 e. The fraction of sp³-hybridized carbons (Fsp3) is 0.812. The third kappa shape index (κ3) is 2.71. The van der Waals surface area contributed by atoms with Crippen LogP contribution in [0.15, 0.2) is 12.3 Å². The summed E-state index contributed by atoms with van der Waals surface area (Å²) in [6.45, 7) is 3.44. The van der Waals surface area contributed by atoms with Crippen molar-refractivity contribution >= 4 is 0 Å². The lowest BCUT2D eigenvalue weighted by molar-refractivity contribution is 0.383. The van der Waals surface area contributed by atoms with Gasteiger partial charge in [0.25, 0.3) is 0 Å². The van der Waals surface area contributed by atoms with Crippen LogP contribution in [0.4, 0.5) is 0 Å².